The summed E-state index contributed by atoms with van der Waals surface area (Å²) < 4.78 is 31.0. The third kappa shape index (κ3) is 8.28. The van der Waals surface area contributed by atoms with Crippen molar-refractivity contribution in [3.05, 3.63) is 87.6 Å². The van der Waals surface area contributed by atoms with Gasteiger partial charge in [0.2, 0.25) is 5.91 Å². The number of carbonyl (C=O) groups excluding carboxylic acids is 2. The van der Waals surface area contributed by atoms with Gasteiger partial charge in [0.15, 0.2) is 12.2 Å². The van der Waals surface area contributed by atoms with E-state index in [0.717, 1.165) is 24.0 Å². The number of piperazine rings is 1. The van der Waals surface area contributed by atoms with Gasteiger partial charge in [-0.25, -0.2) is 9.18 Å². The van der Waals surface area contributed by atoms with E-state index in [-0.39, 0.29) is 31.5 Å². The summed E-state index contributed by atoms with van der Waals surface area (Å²) >= 11 is 3.36. The second kappa shape index (κ2) is 16.1. The summed E-state index contributed by atoms with van der Waals surface area (Å²) in [6, 6.07) is 15.2. The van der Waals surface area contributed by atoms with E-state index in [2.05, 4.69) is 33.1 Å². The van der Waals surface area contributed by atoms with E-state index < -0.39 is 47.5 Å². The topological polar surface area (TPSA) is 158 Å². The Labute approximate surface area is 315 Å². The molecule has 1 aliphatic carbocycles. The highest BCUT2D eigenvalue weighted by molar-refractivity contribution is 9.10. The fraction of sp³-hybridized carbons (Fsp3) is 0.410. The lowest BCUT2D eigenvalue weighted by Crippen LogP contribution is -2.74. The van der Waals surface area contributed by atoms with Crippen LogP contribution in [-0.2, 0) is 27.3 Å². The van der Waals surface area contributed by atoms with Crippen molar-refractivity contribution in [3.8, 4) is 29.1 Å². The SMILES string of the molecule is COc1cc(CN(C(=O)[C@@]23CC#C[C@@H](CN(C(=O)[C@H](O)[C@H](O)C(=O)O)C2c2ccc(CCCOc4cc(F)ccc4Br)cc2)N3)C2CC2)cc(OC)c1. The van der Waals surface area contributed by atoms with Crippen molar-refractivity contribution >= 4 is 33.7 Å². The van der Waals surface area contributed by atoms with E-state index >= 15 is 4.79 Å². The highest BCUT2D eigenvalue weighted by Gasteiger charge is 2.58. The molecule has 0 radical (unpaired) electrons. The van der Waals surface area contributed by atoms with Crippen LogP contribution in [0.25, 0.3) is 0 Å². The van der Waals surface area contributed by atoms with E-state index in [0.29, 0.717) is 46.7 Å². The van der Waals surface area contributed by atoms with E-state index in [9.17, 15) is 29.3 Å². The van der Waals surface area contributed by atoms with Crippen LogP contribution in [0.15, 0.2) is 65.1 Å². The summed E-state index contributed by atoms with van der Waals surface area (Å²) in [5.74, 6) is 4.22. The number of fused-ring (bicyclic) bond motifs is 2. The first-order valence-electron chi connectivity index (χ1n) is 17.3. The van der Waals surface area contributed by atoms with Crippen molar-refractivity contribution in [1.29, 1.82) is 0 Å². The van der Waals surface area contributed by atoms with E-state index in [4.69, 9.17) is 14.2 Å². The average molecular weight is 795 g/mol. The van der Waals surface area contributed by atoms with Crippen LogP contribution in [0.4, 0.5) is 4.39 Å². The second-order valence-electron chi connectivity index (χ2n) is 13.4. The number of aliphatic hydroxyl groups is 2. The monoisotopic (exact) mass is 793 g/mol. The van der Waals surface area contributed by atoms with Gasteiger partial charge in [-0.05, 0) is 82.6 Å². The molecule has 2 fully saturated rings. The molecule has 53 heavy (non-hydrogen) atoms. The Kier molecular flexibility index (Phi) is 11.6. The van der Waals surface area contributed by atoms with Crippen LogP contribution in [0, 0.1) is 17.7 Å². The number of carboxylic acid groups (broad SMARTS) is 1. The Balaban J connectivity index is 1.32. The van der Waals surface area contributed by atoms with Crippen LogP contribution in [0.3, 0.4) is 0 Å². The third-order valence-electron chi connectivity index (χ3n) is 9.77. The Bertz CT molecular complexity index is 1890. The smallest absolute Gasteiger partial charge is 0.335 e. The number of hydrogen-bond acceptors (Lipinski definition) is 9. The molecule has 0 aromatic heterocycles. The van der Waals surface area contributed by atoms with Crippen molar-refractivity contribution in [2.75, 3.05) is 27.4 Å². The van der Waals surface area contributed by atoms with E-state index in [1.165, 1.54) is 17.0 Å². The number of aliphatic carboxylic acids is 1. The Morgan fingerprint density at radius 3 is 2.36 bits per heavy atom. The Morgan fingerprint density at radius 2 is 1.72 bits per heavy atom. The molecular formula is C39H41BrFN3O9. The van der Waals surface area contributed by atoms with Crippen LogP contribution in [0.1, 0.15) is 48.4 Å². The van der Waals surface area contributed by atoms with Crippen molar-refractivity contribution in [3.63, 3.8) is 0 Å². The number of rotatable bonds is 15. The molecule has 6 rings (SSSR count). The summed E-state index contributed by atoms with van der Waals surface area (Å²) in [5, 5.41) is 33.9. The number of carbonyl (C=O) groups is 3. The number of halogens is 2. The Morgan fingerprint density at radius 1 is 1.02 bits per heavy atom. The van der Waals surface area contributed by atoms with E-state index in [1.807, 2.05) is 24.3 Å². The van der Waals surface area contributed by atoms with Crippen LogP contribution >= 0.6 is 15.9 Å². The lowest BCUT2D eigenvalue weighted by atomic mass is 9.75. The number of amides is 2. The molecule has 2 heterocycles. The van der Waals surface area contributed by atoms with Crippen molar-refractivity contribution < 1.29 is 48.3 Å². The number of aryl methyl sites for hydroxylation is 1. The number of carboxylic acids is 1. The zero-order chi connectivity index (χ0) is 37.9. The number of methoxy groups -OCH3 is 2. The number of nitrogens with zero attached hydrogens (tertiary/aromatic N) is 2. The standard InChI is InChI=1S/C39H41BrFN3O9/c1-51-29-17-24(18-30(20-29)52-2)21-43(28-12-13-28)38(50)39-15-3-6-27(42-39)22-44(36(47)33(45)34(46)37(48)49)35(39)25-9-7-23(8-10-25)5-4-16-53-32-19-26(41)11-14-31(32)40/h7-11,14,17-20,27-28,33-35,42,45-46H,4-5,12-13,15-16,21-22H2,1-2H3,(H,48,49)/t27-,33+,34-,35?,39+/m0/s1. The predicted octanol–water partition coefficient (Wildman–Crippen LogP) is 3.60. The molecule has 3 aliphatic rings. The van der Waals surface area contributed by atoms with Crippen molar-refractivity contribution in [2.45, 2.75) is 74.5 Å². The van der Waals surface area contributed by atoms with Gasteiger partial charge in [0.25, 0.3) is 5.91 Å². The first kappa shape index (κ1) is 38.1. The van der Waals surface area contributed by atoms with Crippen molar-refractivity contribution in [2.24, 2.45) is 0 Å². The van der Waals surface area contributed by atoms with Crippen molar-refractivity contribution in [1.82, 2.24) is 15.1 Å². The van der Waals surface area contributed by atoms with Crippen LogP contribution in [0.5, 0.6) is 17.2 Å². The third-order valence-corrected chi connectivity index (χ3v) is 10.4. The minimum atomic E-state index is -2.38. The molecule has 1 unspecified atom stereocenters. The molecule has 280 valence electrons. The quantitative estimate of drug-likeness (QED) is 0.132. The zero-order valence-electron chi connectivity index (χ0n) is 29.3. The second-order valence-corrected chi connectivity index (χ2v) is 14.3. The van der Waals surface area contributed by atoms with Gasteiger partial charge in [-0.2, -0.15) is 0 Å². The Hall–Kier alpha value is -4.68. The highest BCUT2D eigenvalue weighted by Crippen LogP contribution is 2.44. The number of benzene rings is 3. The van der Waals surface area contributed by atoms with Gasteiger partial charge in [-0.3, -0.25) is 14.9 Å². The van der Waals surface area contributed by atoms with Gasteiger partial charge in [-0.1, -0.05) is 36.1 Å². The molecule has 3 aromatic rings. The molecule has 5 atom stereocenters. The molecule has 1 saturated heterocycles. The van der Waals surface area contributed by atoms with Gasteiger partial charge in [0, 0.05) is 37.7 Å². The molecule has 3 aromatic carbocycles. The minimum Gasteiger partial charge on any atom is -0.497 e. The molecule has 0 spiro atoms. The van der Waals surface area contributed by atoms with Gasteiger partial charge >= 0.3 is 5.97 Å². The van der Waals surface area contributed by atoms with Gasteiger partial charge in [0.05, 0.1) is 37.4 Å². The lowest BCUT2D eigenvalue weighted by Gasteiger charge is -2.53. The maximum atomic E-state index is 15.1. The lowest BCUT2D eigenvalue weighted by molar-refractivity contribution is -0.168. The summed E-state index contributed by atoms with van der Waals surface area (Å²) in [6.45, 7) is 0.475. The average Bonchev–Trinajstić information content (AvgIpc) is 4.01. The maximum absolute atomic E-state index is 15.1. The molecule has 14 heteroatoms. The molecule has 2 aliphatic heterocycles. The predicted molar refractivity (Wildman–Crippen MR) is 194 cm³/mol. The number of ether oxygens (including phenoxy) is 3. The highest BCUT2D eigenvalue weighted by atomic mass is 79.9. The first-order valence-corrected chi connectivity index (χ1v) is 18.1. The largest absolute Gasteiger partial charge is 0.497 e. The number of hydrogen-bond donors (Lipinski definition) is 4. The summed E-state index contributed by atoms with van der Waals surface area (Å²) in [5.41, 5.74) is 0.777. The normalized spacial score (nSPS) is 21.4. The maximum Gasteiger partial charge on any atom is 0.335 e. The van der Waals surface area contributed by atoms with Crippen LogP contribution in [-0.4, -0.2) is 100 Å². The molecular weight excluding hydrogens is 753 g/mol. The first-order chi connectivity index (χ1) is 25.4. The fourth-order valence-electron chi connectivity index (χ4n) is 7.00. The number of nitrogens with one attached hydrogen (secondary N) is 1. The fourth-order valence-corrected chi connectivity index (χ4v) is 7.36. The van der Waals surface area contributed by atoms with E-state index in [1.54, 1.807) is 43.4 Å². The van der Waals surface area contributed by atoms with Gasteiger partial charge in [0.1, 0.15) is 28.6 Å². The van der Waals surface area contributed by atoms with Crippen LogP contribution in [0.2, 0.25) is 0 Å². The zero-order valence-corrected chi connectivity index (χ0v) is 30.8. The summed E-state index contributed by atoms with van der Waals surface area (Å²) in [4.78, 5) is 43.8. The molecule has 4 N–H and O–H groups in total. The van der Waals surface area contributed by atoms with Gasteiger partial charge in [-0.15, -0.1) is 0 Å². The molecule has 12 nitrogen and oxygen atoms in total. The van der Waals surface area contributed by atoms with Crippen LogP contribution < -0.4 is 19.5 Å². The molecule has 1 saturated carbocycles. The molecule has 2 bridgehead atoms. The minimum absolute atomic E-state index is 0.0216. The summed E-state index contributed by atoms with van der Waals surface area (Å²) in [6.07, 6.45) is -1.85. The molecule has 2 amide bonds. The number of aliphatic hydroxyl groups excluding tert-OH is 2. The van der Waals surface area contributed by atoms with Gasteiger partial charge < -0.3 is 39.3 Å². The summed E-state index contributed by atoms with van der Waals surface area (Å²) in [7, 11) is 3.09.